The lowest BCUT2D eigenvalue weighted by molar-refractivity contribution is -0.134. The lowest BCUT2D eigenvalue weighted by atomic mass is 10.3. The van der Waals surface area contributed by atoms with Crippen LogP contribution in [0.15, 0.2) is 18.2 Å². The molecule has 0 aliphatic rings. The molecule has 0 radical (unpaired) electrons. The molecule has 80 valence electrons. The Kier molecular flexibility index (Phi) is 3.61. The van der Waals surface area contributed by atoms with E-state index >= 15 is 0 Å². The smallest absolute Gasteiger partial charge is 0.356 e. The number of pyridine rings is 1. The van der Waals surface area contributed by atoms with E-state index in [1.54, 1.807) is 12.1 Å². The van der Waals surface area contributed by atoms with Gasteiger partial charge in [-0.1, -0.05) is 6.07 Å². The maximum atomic E-state index is 11.1. The number of nitrogens with one attached hydrogen (secondary N) is 1. The summed E-state index contributed by atoms with van der Waals surface area (Å²) in [7, 11) is 1.25. The zero-order valence-corrected chi connectivity index (χ0v) is 8.06. The van der Waals surface area contributed by atoms with Crippen molar-refractivity contribution in [3.05, 3.63) is 23.9 Å². The van der Waals surface area contributed by atoms with Gasteiger partial charge in [-0.25, -0.2) is 9.78 Å². The Labute approximate surface area is 85.9 Å². The third-order valence-corrected chi connectivity index (χ3v) is 1.56. The number of nitrogens with zero attached hydrogens (tertiary/aromatic N) is 1. The first kappa shape index (κ1) is 11.0. The molecule has 0 saturated heterocycles. The summed E-state index contributed by atoms with van der Waals surface area (Å²) in [6, 6.07) is 4.64. The van der Waals surface area contributed by atoms with E-state index in [0.717, 1.165) is 0 Å². The highest BCUT2D eigenvalue weighted by Gasteiger charge is 2.07. The molecule has 1 aromatic rings. The number of rotatable bonds is 4. The number of aromatic nitrogens is 1. The lowest BCUT2D eigenvalue weighted by Crippen LogP contribution is -2.14. The number of hydrogen-bond donors (Lipinski definition) is 2. The van der Waals surface area contributed by atoms with Crippen LogP contribution in [-0.4, -0.2) is 35.7 Å². The van der Waals surface area contributed by atoms with Crippen LogP contribution in [0.25, 0.3) is 0 Å². The zero-order valence-electron chi connectivity index (χ0n) is 8.06. The molecule has 0 fully saturated rings. The number of carbonyl (C=O) groups excluding carboxylic acids is 1. The zero-order chi connectivity index (χ0) is 11.3. The number of anilines is 1. The fraction of sp³-hybridized carbons (Fsp3) is 0.222. The van der Waals surface area contributed by atoms with Crippen molar-refractivity contribution >= 4 is 17.8 Å². The van der Waals surface area contributed by atoms with Gasteiger partial charge in [-0.05, 0) is 12.1 Å². The molecule has 2 N–H and O–H groups in total. The highest BCUT2D eigenvalue weighted by Crippen LogP contribution is 2.05. The second kappa shape index (κ2) is 4.94. The van der Waals surface area contributed by atoms with Gasteiger partial charge in [-0.2, -0.15) is 0 Å². The molecule has 0 spiro atoms. The topological polar surface area (TPSA) is 88.5 Å². The van der Waals surface area contributed by atoms with Gasteiger partial charge in [-0.15, -0.1) is 0 Å². The first-order chi connectivity index (χ1) is 7.13. The Hall–Kier alpha value is -2.11. The van der Waals surface area contributed by atoms with Gasteiger partial charge < -0.3 is 15.2 Å². The maximum Gasteiger partial charge on any atom is 0.356 e. The highest BCUT2D eigenvalue weighted by atomic mass is 16.5. The van der Waals surface area contributed by atoms with Gasteiger partial charge in [0.1, 0.15) is 12.4 Å². The summed E-state index contributed by atoms with van der Waals surface area (Å²) in [5.74, 6) is -1.24. The maximum absolute atomic E-state index is 11.1. The van der Waals surface area contributed by atoms with E-state index < -0.39 is 11.9 Å². The molecule has 1 aromatic heterocycles. The highest BCUT2D eigenvalue weighted by molar-refractivity contribution is 5.87. The summed E-state index contributed by atoms with van der Waals surface area (Å²) >= 11 is 0. The molecule has 0 saturated carbocycles. The standard InChI is InChI=1S/C9H10N2O4/c1-15-9(14)6-3-2-4-7(11-6)10-5-8(12)13/h2-4H,5H2,1H3,(H,10,11)(H,12,13). The predicted molar refractivity (Wildman–Crippen MR) is 51.7 cm³/mol. The molecule has 0 aliphatic heterocycles. The molecule has 6 nitrogen and oxygen atoms in total. The number of methoxy groups -OCH3 is 1. The Morgan fingerprint density at radius 3 is 2.87 bits per heavy atom. The van der Waals surface area contributed by atoms with Gasteiger partial charge in [0.15, 0.2) is 5.69 Å². The fourth-order valence-electron chi connectivity index (χ4n) is 0.918. The SMILES string of the molecule is COC(=O)c1cccc(NCC(=O)O)n1. The van der Waals surface area contributed by atoms with E-state index in [-0.39, 0.29) is 12.2 Å². The average Bonchev–Trinajstić information content (AvgIpc) is 2.25. The minimum atomic E-state index is -1.000. The van der Waals surface area contributed by atoms with Crippen LogP contribution in [0, 0.1) is 0 Å². The second-order valence-corrected chi connectivity index (χ2v) is 2.65. The molecule has 1 heterocycles. The summed E-state index contributed by atoms with van der Waals surface area (Å²) in [5, 5.41) is 11.0. The fourth-order valence-corrected chi connectivity index (χ4v) is 0.918. The van der Waals surface area contributed by atoms with E-state index in [1.165, 1.54) is 13.2 Å². The van der Waals surface area contributed by atoms with E-state index in [1.807, 2.05) is 0 Å². The normalized spacial score (nSPS) is 9.40. The summed E-state index contributed by atoms with van der Waals surface area (Å²) < 4.78 is 4.47. The van der Waals surface area contributed by atoms with Crippen LogP contribution in [0.2, 0.25) is 0 Å². The monoisotopic (exact) mass is 210 g/mol. The number of carboxylic acid groups (broad SMARTS) is 1. The van der Waals surface area contributed by atoms with Gasteiger partial charge in [0.05, 0.1) is 7.11 Å². The average molecular weight is 210 g/mol. The van der Waals surface area contributed by atoms with Crippen LogP contribution in [0.4, 0.5) is 5.82 Å². The molecule has 0 aliphatic carbocycles. The molecule has 0 bridgehead atoms. The van der Waals surface area contributed by atoms with Crippen LogP contribution in [0.3, 0.4) is 0 Å². The minimum absolute atomic E-state index is 0.132. The molecule has 0 unspecified atom stereocenters. The Morgan fingerprint density at radius 2 is 2.27 bits per heavy atom. The molecule has 1 rings (SSSR count). The molecular formula is C9H10N2O4. The van der Waals surface area contributed by atoms with Crippen molar-refractivity contribution in [3.8, 4) is 0 Å². The van der Waals surface area contributed by atoms with Crippen LogP contribution >= 0.6 is 0 Å². The molecule has 0 amide bonds. The van der Waals surface area contributed by atoms with Crippen molar-refractivity contribution in [1.82, 2.24) is 4.98 Å². The van der Waals surface area contributed by atoms with Gasteiger partial charge in [0.25, 0.3) is 0 Å². The number of carbonyl (C=O) groups is 2. The minimum Gasteiger partial charge on any atom is -0.480 e. The first-order valence-electron chi connectivity index (χ1n) is 4.14. The van der Waals surface area contributed by atoms with Crippen molar-refractivity contribution in [2.75, 3.05) is 19.0 Å². The van der Waals surface area contributed by atoms with Crippen LogP contribution in [-0.2, 0) is 9.53 Å². The van der Waals surface area contributed by atoms with Gasteiger partial charge in [0, 0.05) is 0 Å². The predicted octanol–water partition coefficient (Wildman–Crippen LogP) is 0.365. The van der Waals surface area contributed by atoms with Crippen LogP contribution in [0.1, 0.15) is 10.5 Å². The summed E-state index contributed by atoms with van der Waals surface area (Å²) in [6.45, 7) is -0.252. The number of ether oxygens (including phenoxy) is 1. The Morgan fingerprint density at radius 1 is 1.53 bits per heavy atom. The third kappa shape index (κ3) is 3.26. The van der Waals surface area contributed by atoms with Crippen molar-refractivity contribution in [2.24, 2.45) is 0 Å². The molecule has 15 heavy (non-hydrogen) atoms. The third-order valence-electron chi connectivity index (χ3n) is 1.56. The number of esters is 1. The number of hydrogen-bond acceptors (Lipinski definition) is 5. The first-order valence-corrected chi connectivity index (χ1v) is 4.14. The molecule has 0 aromatic carbocycles. The van der Waals surface area contributed by atoms with Crippen LogP contribution in [0.5, 0.6) is 0 Å². The number of carboxylic acids is 1. The summed E-state index contributed by atoms with van der Waals surface area (Å²) in [4.78, 5) is 25.2. The van der Waals surface area contributed by atoms with E-state index in [4.69, 9.17) is 5.11 Å². The van der Waals surface area contributed by atoms with Crippen molar-refractivity contribution in [1.29, 1.82) is 0 Å². The second-order valence-electron chi connectivity index (χ2n) is 2.65. The van der Waals surface area contributed by atoms with Crippen molar-refractivity contribution in [3.63, 3.8) is 0 Å². The summed E-state index contributed by atoms with van der Waals surface area (Å²) in [6.07, 6.45) is 0. The van der Waals surface area contributed by atoms with Crippen molar-refractivity contribution in [2.45, 2.75) is 0 Å². The molecule has 0 atom stereocenters. The molecule has 6 heteroatoms. The quantitative estimate of drug-likeness (QED) is 0.698. The van der Waals surface area contributed by atoms with Crippen molar-refractivity contribution < 1.29 is 19.4 Å². The summed E-state index contributed by atoms with van der Waals surface area (Å²) in [5.41, 5.74) is 0.132. The van der Waals surface area contributed by atoms with Crippen LogP contribution < -0.4 is 5.32 Å². The Bertz CT molecular complexity index is 378. The molecular weight excluding hydrogens is 200 g/mol. The van der Waals surface area contributed by atoms with E-state index in [9.17, 15) is 9.59 Å². The van der Waals surface area contributed by atoms with Gasteiger partial charge >= 0.3 is 11.9 Å². The van der Waals surface area contributed by atoms with E-state index in [2.05, 4.69) is 15.0 Å². The lowest BCUT2D eigenvalue weighted by Gasteiger charge is -2.03. The van der Waals surface area contributed by atoms with Gasteiger partial charge in [-0.3, -0.25) is 4.79 Å². The van der Waals surface area contributed by atoms with Gasteiger partial charge in [0.2, 0.25) is 0 Å². The Balaban J connectivity index is 2.74. The largest absolute Gasteiger partial charge is 0.480 e. The number of aliphatic carboxylic acids is 1. The van der Waals surface area contributed by atoms with E-state index in [0.29, 0.717) is 5.82 Å².